The second-order valence-corrected chi connectivity index (χ2v) is 5.89. The molecule has 0 radical (unpaired) electrons. The maximum absolute atomic E-state index is 12.1. The average Bonchev–Trinajstić information content (AvgIpc) is 3.08. The maximum atomic E-state index is 12.1. The van der Waals surface area contributed by atoms with Gasteiger partial charge in [0.2, 0.25) is 0 Å². The van der Waals surface area contributed by atoms with Crippen LogP contribution in [0.25, 0.3) is 0 Å². The molecule has 2 aromatic heterocycles. The van der Waals surface area contributed by atoms with Crippen molar-refractivity contribution in [3.05, 3.63) is 46.4 Å². The van der Waals surface area contributed by atoms with E-state index < -0.39 is 17.5 Å². The lowest BCUT2D eigenvalue weighted by atomic mass is 10.1. The quantitative estimate of drug-likeness (QED) is 0.747. The van der Waals surface area contributed by atoms with Gasteiger partial charge in [-0.2, -0.15) is 0 Å². The van der Waals surface area contributed by atoms with E-state index in [1.54, 1.807) is 34.2 Å². The largest absolute Gasteiger partial charge is 0.479 e. The van der Waals surface area contributed by atoms with E-state index in [1.807, 2.05) is 17.5 Å². The van der Waals surface area contributed by atoms with Crippen LogP contribution in [-0.2, 0) is 11.3 Å². The van der Waals surface area contributed by atoms with Crippen LogP contribution in [0.5, 0.6) is 0 Å². The van der Waals surface area contributed by atoms with Gasteiger partial charge in [0.25, 0.3) is 5.91 Å². The molecule has 112 valence electrons. The number of carbonyl (C=O) groups excluding carboxylic acids is 1. The van der Waals surface area contributed by atoms with Gasteiger partial charge in [-0.05, 0) is 30.5 Å². The molecule has 21 heavy (non-hydrogen) atoms. The highest BCUT2D eigenvalue weighted by molar-refractivity contribution is 7.09. The molecule has 0 saturated carbocycles. The number of rotatable bonds is 6. The lowest BCUT2D eigenvalue weighted by molar-refractivity contribution is -0.155. The highest BCUT2D eigenvalue weighted by Gasteiger charge is 2.30. The molecule has 0 spiro atoms. The van der Waals surface area contributed by atoms with Crippen LogP contribution >= 0.6 is 11.3 Å². The van der Waals surface area contributed by atoms with Crippen molar-refractivity contribution >= 4 is 23.2 Å². The Morgan fingerprint density at radius 3 is 2.76 bits per heavy atom. The van der Waals surface area contributed by atoms with E-state index in [0.29, 0.717) is 12.2 Å². The van der Waals surface area contributed by atoms with Crippen LogP contribution in [0.3, 0.4) is 0 Å². The minimum Gasteiger partial charge on any atom is -0.479 e. The number of nitrogens with one attached hydrogen (secondary N) is 1. The van der Waals surface area contributed by atoms with Crippen molar-refractivity contribution < 1.29 is 19.8 Å². The van der Waals surface area contributed by atoms with Gasteiger partial charge in [-0.25, -0.2) is 4.79 Å². The molecule has 0 fully saturated rings. The number of aromatic nitrogens is 1. The average molecular weight is 308 g/mol. The van der Waals surface area contributed by atoms with Gasteiger partial charge in [0, 0.05) is 11.1 Å². The molecule has 2 heterocycles. The zero-order chi connectivity index (χ0) is 15.5. The summed E-state index contributed by atoms with van der Waals surface area (Å²) < 4.78 is 1.77. The third kappa shape index (κ3) is 3.71. The monoisotopic (exact) mass is 308 g/mol. The topological polar surface area (TPSA) is 91.6 Å². The summed E-state index contributed by atoms with van der Waals surface area (Å²) >= 11 is 1.59. The molecule has 0 aliphatic heterocycles. The molecule has 0 aromatic carbocycles. The Kier molecular flexibility index (Phi) is 4.44. The first-order valence-corrected chi connectivity index (χ1v) is 7.19. The van der Waals surface area contributed by atoms with E-state index in [1.165, 1.54) is 0 Å². The van der Waals surface area contributed by atoms with Crippen LogP contribution < -0.4 is 5.32 Å². The minimum absolute atomic E-state index is 0.356. The first-order valence-electron chi connectivity index (χ1n) is 6.31. The second-order valence-electron chi connectivity index (χ2n) is 4.86. The molecule has 7 heteroatoms. The first kappa shape index (κ1) is 15.3. The third-order valence-corrected chi connectivity index (χ3v) is 3.88. The van der Waals surface area contributed by atoms with Crippen molar-refractivity contribution in [1.29, 1.82) is 0 Å². The van der Waals surface area contributed by atoms with Crippen molar-refractivity contribution in [2.45, 2.75) is 19.1 Å². The van der Waals surface area contributed by atoms with Crippen LogP contribution in [0.4, 0.5) is 0 Å². The Morgan fingerprint density at radius 1 is 1.38 bits per heavy atom. The van der Waals surface area contributed by atoms with Crippen molar-refractivity contribution in [1.82, 2.24) is 9.88 Å². The number of thiophene rings is 1. The molecular weight excluding hydrogens is 292 g/mol. The molecule has 0 bridgehead atoms. The molecule has 6 nitrogen and oxygen atoms in total. The summed E-state index contributed by atoms with van der Waals surface area (Å²) in [4.78, 5) is 24.0. The predicted octanol–water partition coefficient (Wildman–Crippen LogP) is 1.16. The second kappa shape index (κ2) is 6.11. The van der Waals surface area contributed by atoms with Gasteiger partial charge in [-0.15, -0.1) is 11.3 Å². The van der Waals surface area contributed by atoms with Crippen LogP contribution in [0.15, 0.2) is 35.8 Å². The van der Waals surface area contributed by atoms with E-state index in [-0.39, 0.29) is 6.54 Å². The summed E-state index contributed by atoms with van der Waals surface area (Å²) in [5.41, 5.74) is -1.56. The first-order chi connectivity index (χ1) is 9.90. The fraction of sp³-hybridized carbons (Fsp3) is 0.286. The van der Waals surface area contributed by atoms with Crippen molar-refractivity contribution in [2.24, 2.45) is 0 Å². The summed E-state index contributed by atoms with van der Waals surface area (Å²) in [5, 5.41) is 22.8. The standard InChI is InChI=1S/C14H16N2O4S/c1-14(20,13(18)19)9-15-12(17)11-5-2-6-16(11)8-10-4-3-7-21-10/h2-7,20H,8-9H2,1H3,(H,15,17)(H,18,19). The highest BCUT2D eigenvalue weighted by atomic mass is 32.1. The van der Waals surface area contributed by atoms with Crippen LogP contribution in [0, 0.1) is 0 Å². The molecule has 0 aliphatic rings. The summed E-state index contributed by atoms with van der Waals surface area (Å²) in [7, 11) is 0. The molecule has 2 aromatic rings. The summed E-state index contributed by atoms with van der Waals surface area (Å²) in [6.45, 7) is 1.36. The van der Waals surface area contributed by atoms with E-state index >= 15 is 0 Å². The number of carboxylic acids is 1. The summed E-state index contributed by atoms with van der Waals surface area (Å²) in [6.07, 6.45) is 1.78. The predicted molar refractivity (Wildman–Crippen MR) is 78.4 cm³/mol. The van der Waals surface area contributed by atoms with Crippen LogP contribution in [-0.4, -0.2) is 38.8 Å². The fourth-order valence-corrected chi connectivity index (χ4v) is 2.45. The number of hydrogen-bond acceptors (Lipinski definition) is 4. The van der Waals surface area contributed by atoms with Gasteiger partial charge < -0.3 is 20.1 Å². The van der Waals surface area contributed by atoms with E-state index in [0.717, 1.165) is 11.8 Å². The van der Waals surface area contributed by atoms with Crippen LogP contribution in [0.2, 0.25) is 0 Å². The number of nitrogens with zero attached hydrogens (tertiary/aromatic N) is 1. The van der Waals surface area contributed by atoms with E-state index in [4.69, 9.17) is 5.11 Å². The Labute approximate surface area is 125 Å². The Balaban J connectivity index is 2.03. The van der Waals surface area contributed by atoms with E-state index in [9.17, 15) is 14.7 Å². The third-order valence-electron chi connectivity index (χ3n) is 3.02. The zero-order valence-electron chi connectivity index (χ0n) is 11.4. The van der Waals surface area contributed by atoms with Gasteiger partial charge in [0.05, 0.1) is 13.1 Å². The number of amides is 1. The lowest BCUT2D eigenvalue weighted by Crippen LogP contribution is -2.46. The minimum atomic E-state index is -1.99. The Hall–Kier alpha value is -2.12. The summed E-state index contributed by atoms with van der Waals surface area (Å²) in [6, 6.07) is 7.31. The van der Waals surface area contributed by atoms with Gasteiger partial charge >= 0.3 is 5.97 Å². The zero-order valence-corrected chi connectivity index (χ0v) is 12.3. The van der Waals surface area contributed by atoms with E-state index in [2.05, 4.69) is 5.32 Å². The number of hydrogen-bond donors (Lipinski definition) is 3. The molecule has 2 rings (SSSR count). The normalized spacial score (nSPS) is 13.6. The van der Waals surface area contributed by atoms with Crippen molar-refractivity contribution in [2.75, 3.05) is 6.54 Å². The number of aliphatic carboxylic acids is 1. The summed E-state index contributed by atoms with van der Waals surface area (Å²) in [5.74, 6) is -1.80. The van der Waals surface area contributed by atoms with Crippen LogP contribution in [0.1, 0.15) is 22.3 Å². The lowest BCUT2D eigenvalue weighted by Gasteiger charge is -2.18. The highest BCUT2D eigenvalue weighted by Crippen LogP contribution is 2.13. The number of aliphatic hydroxyl groups is 1. The Bertz CT molecular complexity index is 631. The van der Waals surface area contributed by atoms with Crippen molar-refractivity contribution in [3.8, 4) is 0 Å². The van der Waals surface area contributed by atoms with Gasteiger partial charge in [0.1, 0.15) is 5.69 Å². The molecule has 0 aliphatic carbocycles. The Morgan fingerprint density at radius 2 is 2.14 bits per heavy atom. The maximum Gasteiger partial charge on any atom is 0.337 e. The van der Waals surface area contributed by atoms with Gasteiger partial charge in [0.15, 0.2) is 5.60 Å². The van der Waals surface area contributed by atoms with Crippen molar-refractivity contribution in [3.63, 3.8) is 0 Å². The van der Waals surface area contributed by atoms with Gasteiger partial charge in [-0.3, -0.25) is 4.79 Å². The van der Waals surface area contributed by atoms with Gasteiger partial charge in [-0.1, -0.05) is 6.07 Å². The molecule has 1 unspecified atom stereocenters. The number of carbonyl (C=O) groups is 2. The SMILES string of the molecule is CC(O)(CNC(=O)c1cccn1Cc1cccs1)C(=O)O. The molecule has 1 amide bonds. The smallest absolute Gasteiger partial charge is 0.337 e. The fourth-order valence-electron chi connectivity index (χ4n) is 1.75. The molecular formula is C14H16N2O4S. The molecule has 1 atom stereocenters. The molecule has 3 N–H and O–H groups in total. The number of carboxylic acid groups (broad SMARTS) is 1. The molecule has 0 saturated heterocycles.